The van der Waals surface area contributed by atoms with Crippen molar-refractivity contribution < 1.29 is 0 Å². The van der Waals surface area contributed by atoms with Crippen LogP contribution in [0.15, 0.2) is 23.8 Å². The van der Waals surface area contributed by atoms with Crippen molar-refractivity contribution >= 4 is 11.8 Å². The molecule has 0 amide bonds. The van der Waals surface area contributed by atoms with Crippen molar-refractivity contribution in [2.45, 2.75) is 38.9 Å². The highest BCUT2D eigenvalue weighted by Crippen LogP contribution is 2.35. The lowest BCUT2D eigenvalue weighted by atomic mass is 9.77. The van der Waals surface area contributed by atoms with E-state index in [1.54, 1.807) is 11.8 Å². The predicted octanol–water partition coefficient (Wildman–Crippen LogP) is 4.04. The van der Waals surface area contributed by atoms with Gasteiger partial charge >= 0.3 is 0 Å². The molecule has 0 aliphatic heterocycles. The zero-order chi connectivity index (χ0) is 11.3. The summed E-state index contributed by atoms with van der Waals surface area (Å²) in [4.78, 5) is 0. The zero-order valence-electron chi connectivity index (χ0n) is 10.1. The Balaban J connectivity index is 2.91. The molecule has 1 heteroatoms. The van der Waals surface area contributed by atoms with Crippen molar-refractivity contribution in [2.75, 3.05) is 6.26 Å². The molecule has 0 heterocycles. The molecule has 1 aliphatic carbocycles. The minimum atomic E-state index is 0.290. The first-order chi connectivity index (χ1) is 7.16. The third-order valence-corrected chi connectivity index (χ3v) is 4.20. The van der Waals surface area contributed by atoms with Crippen molar-refractivity contribution in [1.29, 1.82) is 0 Å². The third kappa shape index (κ3) is 2.92. The van der Waals surface area contributed by atoms with E-state index < -0.39 is 0 Å². The molecule has 0 radical (unpaired) electrons. The summed E-state index contributed by atoms with van der Waals surface area (Å²) in [6.45, 7) is 6.83. The van der Waals surface area contributed by atoms with Crippen LogP contribution in [0.4, 0.5) is 0 Å². The first-order valence-corrected chi connectivity index (χ1v) is 6.87. The minimum absolute atomic E-state index is 0.290. The van der Waals surface area contributed by atoms with Crippen LogP contribution in [0.2, 0.25) is 0 Å². The maximum absolute atomic E-state index is 3.23. The molecule has 1 unspecified atom stereocenters. The van der Waals surface area contributed by atoms with Gasteiger partial charge in [0.25, 0.3) is 0 Å². The highest BCUT2D eigenvalue weighted by Gasteiger charge is 2.23. The second-order valence-electron chi connectivity index (χ2n) is 4.17. The average molecular weight is 220 g/mol. The van der Waals surface area contributed by atoms with E-state index in [4.69, 9.17) is 0 Å². The lowest BCUT2D eigenvalue weighted by molar-refractivity contribution is 0.377. The molecule has 0 N–H and O–H groups in total. The monoisotopic (exact) mass is 220 g/mol. The third-order valence-electron chi connectivity index (χ3n) is 3.42. The standard InChI is InChI=1S/C14H20S/c1-5-14(3,6-2)12-8-7-9-13(15-4)11-10-12/h8,10-11,13H,5-6H2,1-4H3. The molecule has 0 fully saturated rings. The van der Waals surface area contributed by atoms with Crippen LogP contribution in [-0.4, -0.2) is 11.5 Å². The molecule has 0 nitrogen and oxygen atoms in total. The lowest BCUT2D eigenvalue weighted by Gasteiger charge is -2.27. The van der Waals surface area contributed by atoms with Crippen LogP contribution in [0.5, 0.6) is 0 Å². The number of allylic oxidation sites excluding steroid dienone is 3. The molecule has 0 saturated carbocycles. The van der Waals surface area contributed by atoms with Gasteiger partial charge in [-0.3, -0.25) is 0 Å². The SMILES string of the molecule is CCC(C)(CC)C1=CC#CC(SC)C=C1. The van der Waals surface area contributed by atoms with Crippen LogP contribution in [0, 0.1) is 17.3 Å². The molecule has 0 aromatic carbocycles. The van der Waals surface area contributed by atoms with Crippen LogP contribution in [0.3, 0.4) is 0 Å². The van der Waals surface area contributed by atoms with E-state index in [0.717, 1.165) is 0 Å². The van der Waals surface area contributed by atoms with Gasteiger partial charge in [0.1, 0.15) is 0 Å². The highest BCUT2D eigenvalue weighted by molar-refractivity contribution is 7.99. The van der Waals surface area contributed by atoms with E-state index in [0.29, 0.717) is 10.7 Å². The maximum Gasteiger partial charge on any atom is 0.0840 e. The summed E-state index contributed by atoms with van der Waals surface area (Å²) in [5, 5.41) is 0.358. The first-order valence-electron chi connectivity index (χ1n) is 5.59. The minimum Gasteiger partial charge on any atom is -0.145 e. The first kappa shape index (κ1) is 12.5. The lowest BCUT2D eigenvalue weighted by Crippen LogP contribution is -2.15. The Morgan fingerprint density at radius 1 is 1.40 bits per heavy atom. The summed E-state index contributed by atoms with van der Waals surface area (Å²) in [6, 6.07) is 0. The summed E-state index contributed by atoms with van der Waals surface area (Å²) in [5.74, 6) is 6.41. The van der Waals surface area contributed by atoms with E-state index in [9.17, 15) is 0 Å². The van der Waals surface area contributed by atoms with Gasteiger partial charge in [0.15, 0.2) is 0 Å². The van der Waals surface area contributed by atoms with Crippen molar-refractivity contribution in [3.8, 4) is 11.8 Å². The van der Waals surface area contributed by atoms with Crippen LogP contribution in [-0.2, 0) is 0 Å². The van der Waals surface area contributed by atoms with Gasteiger partial charge in [-0.1, -0.05) is 44.8 Å². The smallest absolute Gasteiger partial charge is 0.0840 e. The van der Waals surface area contributed by atoms with E-state index in [2.05, 4.69) is 57.1 Å². The number of rotatable bonds is 4. The number of hydrogen-bond donors (Lipinski definition) is 0. The van der Waals surface area contributed by atoms with Gasteiger partial charge in [0.2, 0.25) is 0 Å². The summed E-state index contributed by atoms with van der Waals surface area (Å²) in [6.07, 6.45) is 11.0. The Hall–Kier alpha value is -0.610. The van der Waals surface area contributed by atoms with Gasteiger partial charge in [-0.15, -0.1) is 11.8 Å². The molecule has 15 heavy (non-hydrogen) atoms. The zero-order valence-corrected chi connectivity index (χ0v) is 10.9. The molecule has 0 aromatic rings. The van der Waals surface area contributed by atoms with E-state index in [-0.39, 0.29) is 0 Å². The second-order valence-corrected chi connectivity index (χ2v) is 5.15. The predicted molar refractivity (Wildman–Crippen MR) is 71.0 cm³/mol. The molecular weight excluding hydrogens is 200 g/mol. The molecule has 0 bridgehead atoms. The summed E-state index contributed by atoms with van der Waals surface area (Å²) >= 11 is 1.79. The molecule has 0 spiro atoms. The van der Waals surface area contributed by atoms with Crippen LogP contribution >= 0.6 is 11.8 Å². The quantitative estimate of drug-likeness (QED) is 0.644. The van der Waals surface area contributed by atoms with Gasteiger partial charge in [-0.05, 0) is 36.2 Å². The van der Waals surface area contributed by atoms with E-state index in [1.807, 2.05) is 0 Å². The Morgan fingerprint density at radius 3 is 2.60 bits per heavy atom. The molecule has 0 saturated heterocycles. The summed E-state index contributed by atoms with van der Waals surface area (Å²) in [7, 11) is 0. The molecule has 1 rings (SSSR count). The molecule has 82 valence electrons. The molecule has 1 aliphatic rings. The Kier molecular flexibility index (Phi) is 4.54. The van der Waals surface area contributed by atoms with Gasteiger partial charge in [0, 0.05) is 0 Å². The Bertz CT molecular complexity index is 321. The fourth-order valence-electron chi connectivity index (χ4n) is 1.66. The summed E-state index contributed by atoms with van der Waals surface area (Å²) in [5.41, 5.74) is 1.68. The number of hydrogen-bond acceptors (Lipinski definition) is 1. The van der Waals surface area contributed by atoms with Crippen LogP contribution in [0.1, 0.15) is 33.6 Å². The van der Waals surface area contributed by atoms with E-state index >= 15 is 0 Å². The van der Waals surface area contributed by atoms with Crippen LogP contribution in [0.25, 0.3) is 0 Å². The van der Waals surface area contributed by atoms with Gasteiger partial charge < -0.3 is 0 Å². The fourth-order valence-corrected chi connectivity index (χ4v) is 2.08. The Labute approximate surface area is 98.2 Å². The Morgan fingerprint density at radius 2 is 2.07 bits per heavy atom. The van der Waals surface area contributed by atoms with Crippen molar-refractivity contribution in [3.63, 3.8) is 0 Å². The van der Waals surface area contributed by atoms with Gasteiger partial charge in [0.05, 0.1) is 5.25 Å². The van der Waals surface area contributed by atoms with E-state index in [1.165, 1.54) is 18.4 Å². The van der Waals surface area contributed by atoms with Crippen molar-refractivity contribution in [1.82, 2.24) is 0 Å². The highest BCUT2D eigenvalue weighted by atomic mass is 32.2. The fraction of sp³-hybridized carbons (Fsp3) is 0.571. The topological polar surface area (TPSA) is 0 Å². The van der Waals surface area contributed by atoms with Crippen molar-refractivity contribution in [3.05, 3.63) is 23.8 Å². The molecule has 0 aromatic heterocycles. The van der Waals surface area contributed by atoms with Crippen LogP contribution < -0.4 is 0 Å². The normalized spacial score (nSPS) is 20.3. The average Bonchev–Trinajstić information content (AvgIpc) is 2.53. The largest absolute Gasteiger partial charge is 0.145 e. The van der Waals surface area contributed by atoms with Gasteiger partial charge in [-0.25, -0.2) is 0 Å². The molecular formula is C14H20S. The molecule has 1 atom stereocenters. The van der Waals surface area contributed by atoms with Crippen molar-refractivity contribution in [2.24, 2.45) is 5.41 Å². The summed E-state index contributed by atoms with van der Waals surface area (Å²) < 4.78 is 0. The van der Waals surface area contributed by atoms with Gasteiger partial charge in [-0.2, -0.15) is 0 Å². The second kappa shape index (κ2) is 5.47. The maximum atomic E-state index is 3.23. The number of thioether (sulfide) groups is 1.